The Kier molecular flexibility index (Phi) is 6.17. The highest BCUT2D eigenvalue weighted by atomic mass is 16.5. The van der Waals surface area contributed by atoms with Crippen LogP contribution in [0.3, 0.4) is 0 Å². The predicted molar refractivity (Wildman–Crippen MR) is 114 cm³/mol. The van der Waals surface area contributed by atoms with Gasteiger partial charge < -0.3 is 9.15 Å². The Bertz CT molecular complexity index is 1170. The molecule has 1 aromatic carbocycles. The number of benzene rings is 1. The van der Waals surface area contributed by atoms with Gasteiger partial charge in [0.1, 0.15) is 12.9 Å². The lowest BCUT2D eigenvalue weighted by Crippen LogP contribution is -2.24. The zero-order valence-electron chi connectivity index (χ0n) is 17.4. The Morgan fingerprint density at radius 2 is 2.00 bits per heavy atom. The van der Waals surface area contributed by atoms with Gasteiger partial charge in [0.25, 0.3) is 0 Å². The standard InChI is InChI=1S/C22H27N3O4/c1-6-8-9-28-13-20-23-25(22(27)24(20)7-2)19-11-16-17(10-15(19)5)21(26)29-12-18(16)14(3)4/h10-12H,3,6-9,13H2,1-2,4-5H3. The van der Waals surface area contributed by atoms with Crippen molar-refractivity contribution in [1.82, 2.24) is 14.3 Å². The fourth-order valence-corrected chi connectivity index (χ4v) is 3.31. The molecule has 0 atom stereocenters. The van der Waals surface area contributed by atoms with Crippen LogP contribution in [0.15, 0.2) is 39.0 Å². The number of hydrogen-bond donors (Lipinski definition) is 0. The Morgan fingerprint density at radius 3 is 2.66 bits per heavy atom. The summed E-state index contributed by atoms with van der Waals surface area (Å²) in [6.45, 7) is 13.1. The molecule has 0 saturated carbocycles. The third-order valence-electron chi connectivity index (χ3n) is 4.95. The molecule has 7 nitrogen and oxygen atoms in total. The van der Waals surface area contributed by atoms with Gasteiger partial charge in [-0.25, -0.2) is 9.59 Å². The van der Waals surface area contributed by atoms with Gasteiger partial charge in [-0.3, -0.25) is 4.57 Å². The van der Waals surface area contributed by atoms with Crippen LogP contribution < -0.4 is 11.3 Å². The molecule has 154 valence electrons. The molecule has 0 amide bonds. The summed E-state index contributed by atoms with van der Waals surface area (Å²) < 4.78 is 13.8. The summed E-state index contributed by atoms with van der Waals surface area (Å²) in [7, 11) is 0. The van der Waals surface area contributed by atoms with Gasteiger partial charge in [-0.1, -0.05) is 19.9 Å². The zero-order valence-corrected chi connectivity index (χ0v) is 17.4. The third kappa shape index (κ3) is 3.96. The van der Waals surface area contributed by atoms with Crippen molar-refractivity contribution in [3.05, 3.63) is 62.8 Å². The van der Waals surface area contributed by atoms with Gasteiger partial charge in [-0.05, 0) is 50.5 Å². The summed E-state index contributed by atoms with van der Waals surface area (Å²) in [6.07, 6.45) is 3.42. The Balaban J connectivity index is 2.15. The second kappa shape index (κ2) is 8.61. The van der Waals surface area contributed by atoms with Gasteiger partial charge in [0.2, 0.25) is 0 Å². The van der Waals surface area contributed by atoms with Crippen LogP contribution in [0.2, 0.25) is 0 Å². The zero-order chi connectivity index (χ0) is 21.1. The fourth-order valence-electron chi connectivity index (χ4n) is 3.31. The molecule has 0 N–H and O–H groups in total. The van der Waals surface area contributed by atoms with E-state index in [9.17, 15) is 9.59 Å². The van der Waals surface area contributed by atoms with Crippen molar-refractivity contribution in [3.8, 4) is 5.69 Å². The van der Waals surface area contributed by atoms with Crippen molar-refractivity contribution in [1.29, 1.82) is 0 Å². The molecule has 0 radical (unpaired) electrons. The third-order valence-corrected chi connectivity index (χ3v) is 4.95. The van der Waals surface area contributed by atoms with Crippen molar-refractivity contribution in [2.45, 2.75) is 53.7 Å². The highest BCUT2D eigenvalue weighted by molar-refractivity contribution is 5.93. The number of aryl methyl sites for hydroxylation is 1. The molecule has 3 rings (SSSR count). The van der Waals surface area contributed by atoms with Gasteiger partial charge in [-0.15, -0.1) is 5.10 Å². The minimum absolute atomic E-state index is 0.233. The molecule has 0 fully saturated rings. The van der Waals surface area contributed by atoms with E-state index in [0.717, 1.165) is 29.5 Å². The summed E-state index contributed by atoms with van der Waals surface area (Å²) in [5.41, 5.74) is 2.22. The molecule has 0 spiro atoms. The van der Waals surface area contributed by atoms with E-state index in [1.807, 2.05) is 26.8 Å². The molecule has 2 heterocycles. The normalized spacial score (nSPS) is 11.3. The largest absolute Gasteiger partial charge is 0.430 e. The Labute approximate surface area is 169 Å². The van der Waals surface area contributed by atoms with E-state index < -0.39 is 5.63 Å². The number of fused-ring (bicyclic) bond motifs is 1. The van der Waals surface area contributed by atoms with Crippen molar-refractivity contribution >= 4 is 16.3 Å². The molecule has 29 heavy (non-hydrogen) atoms. The summed E-state index contributed by atoms with van der Waals surface area (Å²) in [4.78, 5) is 25.2. The maximum absolute atomic E-state index is 13.0. The van der Waals surface area contributed by atoms with Crippen LogP contribution in [0.25, 0.3) is 22.0 Å². The molecular formula is C22H27N3O4. The average Bonchev–Trinajstić information content (AvgIpc) is 3.00. The topological polar surface area (TPSA) is 79.3 Å². The van der Waals surface area contributed by atoms with Gasteiger partial charge in [-0.2, -0.15) is 4.68 Å². The van der Waals surface area contributed by atoms with E-state index in [-0.39, 0.29) is 12.3 Å². The number of aromatic nitrogens is 3. The van der Waals surface area contributed by atoms with E-state index in [1.165, 1.54) is 10.9 Å². The smallest absolute Gasteiger partial charge is 0.350 e. The summed E-state index contributed by atoms with van der Waals surface area (Å²) in [5.74, 6) is 0.584. The minimum atomic E-state index is -0.420. The molecule has 0 aliphatic rings. The van der Waals surface area contributed by atoms with Crippen LogP contribution in [0, 0.1) is 6.92 Å². The van der Waals surface area contributed by atoms with Crippen LogP contribution >= 0.6 is 0 Å². The maximum atomic E-state index is 13.0. The first-order valence-electron chi connectivity index (χ1n) is 9.87. The van der Waals surface area contributed by atoms with E-state index in [2.05, 4.69) is 18.6 Å². The Morgan fingerprint density at radius 1 is 1.24 bits per heavy atom. The number of allylic oxidation sites excluding steroid dienone is 1. The lowest BCUT2D eigenvalue weighted by Gasteiger charge is -2.10. The van der Waals surface area contributed by atoms with Gasteiger partial charge >= 0.3 is 11.3 Å². The lowest BCUT2D eigenvalue weighted by atomic mass is 10.0. The first kappa shape index (κ1) is 20.8. The number of ether oxygens (including phenoxy) is 1. The van der Waals surface area contributed by atoms with E-state index in [4.69, 9.17) is 9.15 Å². The van der Waals surface area contributed by atoms with Crippen molar-refractivity contribution in [2.24, 2.45) is 0 Å². The highest BCUT2D eigenvalue weighted by Gasteiger charge is 2.17. The SMILES string of the molecule is C=C(C)c1coc(=O)c2cc(C)c(-n3nc(COCCCC)n(CC)c3=O)cc12. The molecule has 0 aliphatic carbocycles. The van der Waals surface area contributed by atoms with Crippen molar-refractivity contribution in [2.75, 3.05) is 6.61 Å². The predicted octanol–water partition coefficient (Wildman–Crippen LogP) is 3.82. The quantitative estimate of drug-likeness (QED) is 0.540. The molecule has 2 aromatic heterocycles. The number of unbranched alkanes of at least 4 members (excludes halogenated alkanes) is 1. The van der Waals surface area contributed by atoms with E-state index in [0.29, 0.717) is 35.4 Å². The van der Waals surface area contributed by atoms with Crippen LogP contribution in [-0.2, 0) is 17.9 Å². The van der Waals surface area contributed by atoms with Crippen LogP contribution in [0.5, 0.6) is 0 Å². The first-order chi connectivity index (χ1) is 13.9. The van der Waals surface area contributed by atoms with Gasteiger partial charge in [0.05, 0.1) is 11.1 Å². The fraction of sp³-hybridized carbons (Fsp3) is 0.409. The number of hydrogen-bond acceptors (Lipinski definition) is 5. The molecule has 0 aliphatic heterocycles. The molecule has 0 bridgehead atoms. The van der Waals surface area contributed by atoms with Crippen molar-refractivity contribution in [3.63, 3.8) is 0 Å². The molecule has 3 aromatic rings. The van der Waals surface area contributed by atoms with Crippen LogP contribution in [0.4, 0.5) is 0 Å². The molecule has 0 saturated heterocycles. The first-order valence-corrected chi connectivity index (χ1v) is 9.87. The highest BCUT2D eigenvalue weighted by Crippen LogP contribution is 2.26. The summed E-state index contributed by atoms with van der Waals surface area (Å²) in [6, 6.07) is 3.54. The lowest BCUT2D eigenvalue weighted by molar-refractivity contribution is 0.110. The van der Waals surface area contributed by atoms with E-state index in [1.54, 1.807) is 10.6 Å². The van der Waals surface area contributed by atoms with Gasteiger partial charge in [0.15, 0.2) is 5.82 Å². The van der Waals surface area contributed by atoms with Crippen molar-refractivity contribution < 1.29 is 9.15 Å². The van der Waals surface area contributed by atoms with Crippen LogP contribution in [0.1, 0.15) is 50.6 Å². The van der Waals surface area contributed by atoms with E-state index >= 15 is 0 Å². The minimum Gasteiger partial charge on any atom is -0.430 e. The second-order valence-corrected chi connectivity index (χ2v) is 7.16. The average molecular weight is 397 g/mol. The molecule has 7 heteroatoms. The number of rotatable bonds is 8. The maximum Gasteiger partial charge on any atom is 0.350 e. The Hall–Kier alpha value is -2.93. The van der Waals surface area contributed by atoms with Gasteiger partial charge in [0, 0.05) is 24.1 Å². The monoisotopic (exact) mass is 397 g/mol. The summed E-state index contributed by atoms with van der Waals surface area (Å²) in [5, 5.41) is 5.68. The second-order valence-electron chi connectivity index (χ2n) is 7.16. The number of nitrogens with zero attached hydrogens (tertiary/aromatic N) is 3. The van der Waals surface area contributed by atoms with Crippen LogP contribution in [-0.4, -0.2) is 21.0 Å². The summed E-state index contributed by atoms with van der Waals surface area (Å²) >= 11 is 0. The molecule has 0 unspecified atom stereocenters. The molecular weight excluding hydrogens is 370 g/mol.